The van der Waals surface area contributed by atoms with Crippen molar-refractivity contribution in [3.05, 3.63) is 24.0 Å². The number of piperazine rings is 1. The van der Waals surface area contributed by atoms with Crippen molar-refractivity contribution in [3.8, 4) is 5.75 Å². The molecule has 0 bridgehead atoms. The molecule has 1 unspecified atom stereocenters. The zero-order chi connectivity index (χ0) is 13.7. The van der Waals surface area contributed by atoms with Gasteiger partial charge in [-0.05, 0) is 25.6 Å². The third-order valence-electron chi connectivity index (χ3n) is 3.43. The van der Waals surface area contributed by atoms with Gasteiger partial charge in [0.05, 0.1) is 12.8 Å². The first-order valence-electron chi connectivity index (χ1n) is 6.68. The minimum absolute atomic E-state index is 0.251. The second-order valence-corrected chi connectivity index (χ2v) is 4.97. The topological polar surface area (TPSA) is 36.5 Å². The molecule has 0 amide bonds. The van der Waals surface area contributed by atoms with Crippen LogP contribution in [0.3, 0.4) is 0 Å². The van der Waals surface area contributed by atoms with Crippen molar-refractivity contribution in [2.24, 2.45) is 0 Å². The van der Waals surface area contributed by atoms with Crippen LogP contribution < -0.4 is 15.4 Å². The lowest BCUT2D eigenvalue weighted by Gasteiger charge is -2.31. The molecule has 0 radical (unpaired) electrons. The first-order chi connectivity index (χ1) is 9.19. The standard InChI is InChI=1S/C14H22FN3O/c1-18-8-7-16-12(10-18)5-6-17-13-9-11(15)3-4-14(13)19-2/h3-4,9,12,16-17H,5-8,10H2,1-2H3. The molecule has 1 atom stereocenters. The quantitative estimate of drug-likeness (QED) is 0.848. The highest BCUT2D eigenvalue weighted by molar-refractivity contribution is 5.56. The van der Waals surface area contributed by atoms with E-state index in [2.05, 4.69) is 22.6 Å². The third kappa shape index (κ3) is 4.08. The average molecular weight is 267 g/mol. The first kappa shape index (κ1) is 14.1. The summed E-state index contributed by atoms with van der Waals surface area (Å²) < 4.78 is 18.4. The third-order valence-corrected chi connectivity index (χ3v) is 3.43. The molecule has 1 aromatic carbocycles. The Bertz CT molecular complexity index is 414. The molecule has 1 aromatic rings. The normalized spacial score (nSPS) is 20.3. The van der Waals surface area contributed by atoms with E-state index in [1.165, 1.54) is 12.1 Å². The van der Waals surface area contributed by atoms with Crippen LogP contribution in [-0.2, 0) is 0 Å². The summed E-state index contributed by atoms with van der Waals surface area (Å²) in [6.07, 6.45) is 1.00. The lowest BCUT2D eigenvalue weighted by molar-refractivity contribution is 0.234. The lowest BCUT2D eigenvalue weighted by Crippen LogP contribution is -2.49. The van der Waals surface area contributed by atoms with Gasteiger partial charge in [-0.15, -0.1) is 0 Å². The number of hydrogen-bond donors (Lipinski definition) is 2. The summed E-state index contributed by atoms with van der Waals surface area (Å²) in [7, 11) is 3.73. The number of nitrogens with zero attached hydrogens (tertiary/aromatic N) is 1. The number of nitrogens with one attached hydrogen (secondary N) is 2. The number of rotatable bonds is 5. The maximum atomic E-state index is 13.2. The van der Waals surface area contributed by atoms with Gasteiger partial charge in [-0.25, -0.2) is 4.39 Å². The van der Waals surface area contributed by atoms with Crippen LogP contribution >= 0.6 is 0 Å². The van der Waals surface area contributed by atoms with E-state index in [1.54, 1.807) is 13.2 Å². The van der Waals surface area contributed by atoms with E-state index in [1.807, 2.05) is 0 Å². The molecule has 0 spiro atoms. The smallest absolute Gasteiger partial charge is 0.142 e. The van der Waals surface area contributed by atoms with Crippen LogP contribution in [0, 0.1) is 5.82 Å². The van der Waals surface area contributed by atoms with Gasteiger partial charge in [0.25, 0.3) is 0 Å². The van der Waals surface area contributed by atoms with Crippen LogP contribution in [0.2, 0.25) is 0 Å². The van der Waals surface area contributed by atoms with Gasteiger partial charge in [0, 0.05) is 38.3 Å². The SMILES string of the molecule is COc1ccc(F)cc1NCCC1CN(C)CCN1. The van der Waals surface area contributed by atoms with Crippen LogP contribution in [-0.4, -0.2) is 51.3 Å². The number of halogens is 1. The van der Waals surface area contributed by atoms with Gasteiger partial charge >= 0.3 is 0 Å². The highest BCUT2D eigenvalue weighted by atomic mass is 19.1. The Balaban J connectivity index is 1.83. The summed E-state index contributed by atoms with van der Waals surface area (Å²) in [5.74, 6) is 0.425. The number of benzene rings is 1. The number of likely N-dealkylation sites (N-methyl/N-ethyl adjacent to an activating group) is 1. The van der Waals surface area contributed by atoms with E-state index < -0.39 is 0 Å². The summed E-state index contributed by atoms with van der Waals surface area (Å²) in [5.41, 5.74) is 0.715. The predicted octanol–water partition coefficient (Wildman–Crippen LogP) is 1.54. The van der Waals surface area contributed by atoms with E-state index in [0.717, 1.165) is 32.6 Å². The van der Waals surface area contributed by atoms with Crippen molar-refractivity contribution in [1.82, 2.24) is 10.2 Å². The van der Waals surface area contributed by atoms with Gasteiger partial charge in [-0.1, -0.05) is 0 Å². The van der Waals surface area contributed by atoms with E-state index in [0.29, 0.717) is 17.5 Å². The summed E-state index contributed by atoms with van der Waals surface area (Å²) in [5, 5.41) is 6.73. The van der Waals surface area contributed by atoms with Crippen LogP contribution in [0.5, 0.6) is 5.75 Å². The molecule has 1 aliphatic heterocycles. The Morgan fingerprint density at radius 1 is 1.53 bits per heavy atom. The zero-order valence-electron chi connectivity index (χ0n) is 11.6. The highest BCUT2D eigenvalue weighted by Crippen LogP contribution is 2.24. The van der Waals surface area contributed by atoms with E-state index >= 15 is 0 Å². The van der Waals surface area contributed by atoms with E-state index in [-0.39, 0.29) is 5.82 Å². The molecule has 2 N–H and O–H groups in total. The largest absolute Gasteiger partial charge is 0.495 e. The Kier molecular flexibility index (Phi) is 4.99. The maximum absolute atomic E-state index is 13.2. The molecule has 0 aliphatic carbocycles. The predicted molar refractivity (Wildman–Crippen MR) is 75.3 cm³/mol. The van der Waals surface area contributed by atoms with Crippen molar-refractivity contribution in [3.63, 3.8) is 0 Å². The fourth-order valence-corrected chi connectivity index (χ4v) is 2.38. The molecule has 1 heterocycles. The second-order valence-electron chi connectivity index (χ2n) is 4.97. The molecule has 106 valence electrons. The van der Waals surface area contributed by atoms with Gasteiger partial charge < -0.3 is 20.3 Å². The van der Waals surface area contributed by atoms with E-state index in [4.69, 9.17) is 4.74 Å². The summed E-state index contributed by atoms with van der Waals surface area (Å²) >= 11 is 0. The summed E-state index contributed by atoms with van der Waals surface area (Å²) in [6.45, 7) is 3.99. The van der Waals surface area contributed by atoms with Crippen LogP contribution in [0.4, 0.5) is 10.1 Å². The first-order valence-corrected chi connectivity index (χ1v) is 6.68. The Hall–Kier alpha value is -1.33. The fourth-order valence-electron chi connectivity index (χ4n) is 2.38. The monoisotopic (exact) mass is 267 g/mol. The Morgan fingerprint density at radius 2 is 2.37 bits per heavy atom. The van der Waals surface area contributed by atoms with Gasteiger partial charge in [-0.3, -0.25) is 0 Å². The maximum Gasteiger partial charge on any atom is 0.142 e. The van der Waals surface area contributed by atoms with Crippen molar-refractivity contribution < 1.29 is 9.13 Å². The molecule has 5 heteroatoms. The lowest BCUT2D eigenvalue weighted by atomic mass is 10.1. The summed E-state index contributed by atoms with van der Waals surface area (Å²) in [6, 6.07) is 5.01. The second kappa shape index (κ2) is 6.73. The van der Waals surface area contributed by atoms with Crippen molar-refractivity contribution in [2.45, 2.75) is 12.5 Å². The van der Waals surface area contributed by atoms with Gasteiger partial charge in [-0.2, -0.15) is 0 Å². The van der Waals surface area contributed by atoms with Crippen LogP contribution in [0.1, 0.15) is 6.42 Å². The molecule has 1 fully saturated rings. The van der Waals surface area contributed by atoms with Gasteiger partial charge in [0.2, 0.25) is 0 Å². The zero-order valence-corrected chi connectivity index (χ0v) is 11.6. The molecular formula is C14H22FN3O. The number of ether oxygens (including phenoxy) is 1. The van der Waals surface area contributed by atoms with Gasteiger partial charge in [0.1, 0.15) is 11.6 Å². The van der Waals surface area contributed by atoms with Crippen LogP contribution in [0.15, 0.2) is 18.2 Å². The molecule has 1 saturated heterocycles. The van der Waals surface area contributed by atoms with Gasteiger partial charge in [0.15, 0.2) is 0 Å². The molecular weight excluding hydrogens is 245 g/mol. The fraction of sp³-hybridized carbons (Fsp3) is 0.571. The molecule has 0 aromatic heterocycles. The Labute approximate surface area is 113 Å². The molecule has 19 heavy (non-hydrogen) atoms. The minimum atomic E-state index is -0.251. The average Bonchev–Trinajstić information content (AvgIpc) is 2.39. The number of hydrogen-bond acceptors (Lipinski definition) is 4. The molecule has 2 rings (SSSR count). The summed E-state index contributed by atoms with van der Waals surface area (Å²) in [4.78, 5) is 2.32. The molecule has 0 saturated carbocycles. The number of anilines is 1. The van der Waals surface area contributed by atoms with Crippen molar-refractivity contribution in [1.29, 1.82) is 0 Å². The van der Waals surface area contributed by atoms with Crippen molar-refractivity contribution in [2.75, 3.05) is 45.7 Å². The minimum Gasteiger partial charge on any atom is -0.495 e. The molecule has 4 nitrogen and oxygen atoms in total. The van der Waals surface area contributed by atoms with E-state index in [9.17, 15) is 4.39 Å². The Morgan fingerprint density at radius 3 is 3.11 bits per heavy atom. The van der Waals surface area contributed by atoms with Crippen LogP contribution in [0.25, 0.3) is 0 Å². The number of methoxy groups -OCH3 is 1. The van der Waals surface area contributed by atoms with Crippen molar-refractivity contribution >= 4 is 5.69 Å². The molecule has 1 aliphatic rings. The highest BCUT2D eigenvalue weighted by Gasteiger charge is 2.15.